The molecule has 27 heavy (non-hydrogen) atoms. The Morgan fingerprint density at radius 2 is 1.19 bits per heavy atom. The molecule has 1 heterocycles. The molecule has 2 N–H and O–H groups in total. The maximum atomic E-state index is 3.39. The van der Waals surface area contributed by atoms with Crippen molar-refractivity contribution >= 4 is 17.1 Å². The van der Waals surface area contributed by atoms with Crippen LogP contribution in [0.25, 0.3) is 5.70 Å². The molecule has 0 radical (unpaired) electrons. The molecule has 0 saturated carbocycles. The second-order valence-electron chi connectivity index (χ2n) is 6.81. The summed E-state index contributed by atoms with van der Waals surface area (Å²) < 4.78 is 0. The van der Waals surface area contributed by atoms with Crippen LogP contribution in [0.4, 0.5) is 11.4 Å². The fourth-order valence-electron chi connectivity index (χ4n) is 3.68. The van der Waals surface area contributed by atoms with Crippen molar-refractivity contribution in [2.24, 2.45) is 0 Å². The van der Waals surface area contributed by atoms with Crippen LogP contribution < -0.4 is 20.7 Å². The van der Waals surface area contributed by atoms with E-state index in [-0.39, 0.29) is 6.04 Å². The quantitative estimate of drug-likeness (QED) is 0.718. The summed E-state index contributed by atoms with van der Waals surface area (Å²) in [5.74, 6) is 0. The molecule has 0 spiro atoms. The van der Waals surface area contributed by atoms with E-state index in [1.165, 1.54) is 22.5 Å². The van der Waals surface area contributed by atoms with Crippen LogP contribution >= 0.6 is 0 Å². The van der Waals surface area contributed by atoms with Gasteiger partial charge in [0, 0.05) is 37.6 Å². The topological polar surface area (TPSA) is 30.5 Å². The van der Waals surface area contributed by atoms with Gasteiger partial charge in [0.15, 0.2) is 0 Å². The van der Waals surface area contributed by atoms with Gasteiger partial charge in [0.2, 0.25) is 0 Å². The van der Waals surface area contributed by atoms with Crippen molar-refractivity contribution in [1.82, 2.24) is 10.9 Å². The predicted octanol–water partition coefficient (Wildman–Crippen LogP) is 4.57. The molecule has 1 atom stereocenters. The van der Waals surface area contributed by atoms with E-state index in [9.17, 15) is 0 Å². The zero-order valence-corrected chi connectivity index (χ0v) is 17.0. The number of hydrazine groups is 1. The first kappa shape index (κ1) is 19.3. The van der Waals surface area contributed by atoms with E-state index in [2.05, 4.69) is 103 Å². The maximum Gasteiger partial charge on any atom is 0.0714 e. The van der Waals surface area contributed by atoms with Crippen LogP contribution in [0.5, 0.6) is 0 Å². The van der Waals surface area contributed by atoms with Crippen LogP contribution in [-0.4, -0.2) is 26.2 Å². The average Bonchev–Trinajstić information content (AvgIpc) is 3.21. The largest absolute Gasteiger partial charge is 0.372 e. The van der Waals surface area contributed by atoms with Gasteiger partial charge in [-0.25, -0.2) is 5.43 Å². The molecule has 1 aliphatic heterocycles. The Balaban J connectivity index is 1.72. The minimum absolute atomic E-state index is 0.188. The number of nitrogens with one attached hydrogen (secondary N) is 2. The third-order valence-electron chi connectivity index (χ3n) is 5.38. The zero-order chi connectivity index (χ0) is 19.2. The maximum absolute atomic E-state index is 3.39. The van der Waals surface area contributed by atoms with Crippen LogP contribution in [0, 0.1) is 0 Å². The molecule has 0 amide bonds. The summed E-state index contributed by atoms with van der Waals surface area (Å²) in [6, 6.07) is 17.9. The summed E-state index contributed by atoms with van der Waals surface area (Å²) in [6.45, 7) is 12.9. The number of nitrogens with zero attached hydrogens (tertiary/aromatic N) is 2. The number of rotatable bonds is 8. The Kier molecular flexibility index (Phi) is 6.40. The number of anilines is 2. The monoisotopic (exact) mass is 364 g/mol. The molecule has 144 valence electrons. The molecule has 1 unspecified atom stereocenters. The first-order valence-corrected chi connectivity index (χ1v) is 10.1. The van der Waals surface area contributed by atoms with E-state index < -0.39 is 0 Å². The summed E-state index contributed by atoms with van der Waals surface area (Å²) >= 11 is 0. The Labute approximate surface area is 163 Å². The Morgan fingerprint density at radius 1 is 0.704 bits per heavy atom. The molecule has 1 aliphatic rings. The van der Waals surface area contributed by atoms with Crippen molar-refractivity contribution in [1.29, 1.82) is 0 Å². The van der Waals surface area contributed by atoms with Gasteiger partial charge in [-0.2, -0.15) is 0 Å². The number of benzene rings is 2. The first-order chi connectivity index (χ1) is 13.2. The lowest BCUT2D eigenvalue weighted by atomic mass is 10.0. The summed E-state index contributed by atoms with van der Waals surface area (Å²) in [5.41, 5.74) is 12.9. The lowest BCUT2D eigenvalue weighted by Crippen LogP contribution is -2.26. The van der Waals surface area contributed by atoms with Crippen molar-refractivity contribution in [2.45, 2.75) is 33.7 Å². The molecule has 0 aliphatic carbocycles. The van der Waals surface area contributed by atoms with E-state index in [0.717, 1.165) is 31.9 Å². The number of hydrogen-bond donors (Lipinski definition) is 2. The van der Waals surface area contributed by atoms with E-state index in [1.54, 1.807) is 0 Å². The molecule has 4 heteroatoms. The molecule has 0 saturated heterocycles. The van der Waals surface area contributed by atoms with E-state index in [0.29, 0.717) is 0 Å². The minimum atomic E-state index is 0.188. The molecule has 2 aromatic rings. The second-order valence-corrected chi connectivity index (χ2v) is 6.81. The van der Waals surface area contributed by atoms with Crippen LogP contribution in [0.3, 0.4) is 0 Å². The molecule has 0 bridgehead atoms. The Morgan fingerprint density at radius 3 is 1.67 bits per heavy atom. The molecule has 0 aromatic heterocycles. The highest BCUT2D eigenvalue weighted by atomic mass is 15.4. The molecule has 0 fully saturated rings. The number of hydrogen-bond acceptors (Lipinski definition) is 4. The van der Waals surface area contributed by atoms with Gasteiger partial charge in [-0.05, 0) is 69.2 Å². The highest BCUT2D eigenvalue weighted by Gasteiger charge is 2.18. The highest BCUT2D eigenvalue weighted by molar-refractivity contribution is 5.68. The van der Waals surface area contributed by atoms with Crippen LogP contribution in [0.15, 0.2) is 54.6 Å². The van der Waals surface area contributed by atoms with Gasteiger partial charge >= 0.3 is 0 Å². The normalized spacial score (nSPS) is 16.0. The van der Waals surface area contributed by atoms with E-state index in [1.807, 2.05) is 0 Å². The molecular weight excluding hydrogens is 332 g/mol. The fraction of sp³-hybridized carbons (Fsp3) is 0.391. The summed E-state index contributed by atoms with van der Waals surface area (Å²) in [4.78, 5) is 4.72. The van der Waals surface area contributed by atoms with Gasteiger partial charge in [0.1, 0.15) is 0 Å². The van der Waals surface area contributed by atoms with Gasteiger partial charge in [0.05, 0.1) is 11.7 Å². The van der Waals surface area contributed by atoms with E-state index >= 15 is 0 Å². The van der Waals surface area contributed by atoms with Crippen molar-refractivity contribution in [2.75, 3.05) is 36.0 Å². The van der Waals surface area contributed by atoms with Crippen molar-refractivity contribution in [3.8, 4) is 0 Å². The molecule has 4 nitrogen and oxygen atoms in total. The van der Waals surface area contributed by atoms with Gasteiger partial charge < -0.3 is 15.2 Å². The lowest BCUT2D eigenvalue weighted by Gasteiger charge is -2.21. The van der Waals surface area contributed by atoms with Gasteiger partial charge in [-0.1, -0.05) is 24.3 Å². The van der Waals surface area contributed by atoms with E-state index in [4.69, 9.17) is 0 Å². The van der Waals surface area contributed by atoms with Crippen molar-refractivity contribution in [3.63, 3.8) is 0 Å². The van der Waals surface area contributed by atoms with Crippen molar-refractivity contribution in [3.05, 3.63) is 65.7 Å². The fourth-order valence-corrected chi connectivity index (χ4v) is 3.68. The predicted molar refractivity (Wildman–Crippen MR) is 117 cm³/mol. The Bertz CT molecular complexity index is 741. The van der Waals surface area contributed by atoms with Crippen molar-refractivity contribution < 1.29 is 0 Å². The SMILES string of the molecule is CCN(CC)c1ccc(C2=CC(c3ccc(N(CC)CC)cc3)NN2)cc1. The minimum Gasteiger partial charge on any atom is -0.372 e. The molecule has 2 aromatic carbocycles. The van der Waals surface area contributed by atoms with Crippen LogP contribution in [-0.2, 0) is 0 Å². The Hall–Kier alpha value is -2.46. The summed E-state index contributed by atoms with van der Waals surface area (Å²) in [7, 11) is 0. The van der Waals surface area contributed by atoms with Crippen LogP contribution in [0.1, 0.15) is 44.9 Å². The zero-order valence-electron chi connectivity index (χ0n) is 17.0. The van der Waals surface area contributed by atoms with Crippen LogP contribution in [0.2, 0.25) is 0 Å². The van der Waals surface area contributed by atoms with Gasteiger partial charge in [-0.15, -0.1) is 0 Å². The summed E-state index contributed by atoms with van der Waals surface area (Å²) in [5, 5.41) is 0. The molecule has 3 rings (SSSR count). The smallest absolute Gasteiger partial charge is 0.0714 e. The lowest BCUT2D eigenvalue weighted by molar-refractivity contribution is 0.616. The first-order valence-electron chi connectivity index (χ1n) is 10.1. The highest BCUT2D eigenvalue weighted by Crippen LogP contribution is 2.27. The third-order valence-corrected chi connectivity index (χ3v) is 5.38. The van der Waals surface area contributed by atoms with Gasteiger partial charge in [-0.3, -0.25) is 0 Å². The average molecular weight is 365 g/mol. The molecular formula is C23H32N4. The standard InChI is InChI=1S/C23H32N4/c1-5-26(6-2)20-13-9-18(10-14-20)22-17-23(25-24-22)19-11-15-21(16-12-19)27(7-3)8-4/h9-17,22,24-25H,5-8H2,1-4H3. The second kappa shape index (κ2) is 8.96. The summed E-state index contributed by atoms with van der Waals surface area (Å²) in [6.07, 6.45) is 2.26. The third kappa shape index (κ3) is 4.28. The van der Waals surface area contributed by atoms with Gasteiger partial charge in [0.25, 0.3) is 0 Å².